The maximum Gasteiger partial charge on any atom is 0.230 e. The Hall–Kier alpha value is -1.33. The molecule has 1 atom stereocenters. The van der Waals surface area contributed by atoms with Crippen LogP contribution in [-0.2, 0) is 4.74 Å². The molecule has 0 amide bonds. The first-order valence-electron chi connectivity index (χ1n) is 5.84. The van der Waals surface area contributed by atoms with Crippen molar-refractivity contribution in [2.24, 2.45) is 0 Å². The van der Waals surface area contributed by atoms with E-state index in [9.17, 15) is 0 Å². The van der Waals surface area contributed by atoms with Gasteiger partial charge in [-0.2, -0.15) is 0 Å². The second-order valence-electron chi connectivity index (χ2n) is 4.38. The molecule has 1 unspecified atom stereocenters. The summed E-state index contributed by atoms with van der Waals surface area (Å²) in [4.78, 5) is 0. The van der Waals surface area contributed by atoms with Crippen molar-refractivity contribution in [3.05, 3.63) is 34.4 Å². The van der Waals surface area contributed by atoms with Crippen molar-refractivity contribution in [3.8, 4) is 11.1 Å². The minimum Gasteiger partial charge on any atom is -0.381 e. The van der Waals surface area contributed by atoms with Crippen LogP contribution in [0, 0.1) is 0 Å². The van der Waals surface area contributed by atoms with Crippen LogP contribution in [-0.4, -0.2) is 18.4 Å². The highest BCUT2D eigenvalue weighted by Gasteiger charge is 2.27. The minimum atomic E-state index is 0.278. The van der Waals surface area contributed by atoms with E-state index in [0.717, 1.165) is 34.3 Å². The summed E-state index contributed by atoms with van der Waals surface area (Å²) in [5.41, 5.74) is 8.73. The lowest BCUT2D eigenvalue weighted by atomic mass is 9.96. The van der Waals surface area contributed by atoms with Gasteiger partial charge in [0.25, 0.3) is 0 Å². The zero-order valence-electron chi connectivity index (χ0n) is 9.73. The zero-order valence-corrected chi connectivity index (χ0v) is 11.3. The summed E-state index contributed by atoms with van der Waals surface area (Å²) in [6.07, 6.45) is 0.965. The summed E-state index contributed by atoms with van der Waals surface area (Å²) in [6.45, 7) is 1.46. The molecule has 1 aromatic heterocycles. The molecule has 1 aliphatic heterocycles. The maximum atomic E-state index is 5.91. The molecule has 1 fully saturated rings. The van der Waals surface area contributed by atoms with Gasteiger partial charge in [0.2, 0.25) is 5.88 Å². The highest BCUT2D eigenvalue weighted by molar-refractivity contribution is 9.10. The Balaban J connectivity index is 2.07. The third kappa shape index (κ3) is 2.04. The summed E-state index contributed by atoms with van der Waals surface area (Å²) in [5.74, 6) is 0.648. The van der Waals surface area contributed by atoms with E-state index in [1.54, 1.807) is 0 Å². The molecule has 2 aromatic rings. The Bertz CT molecular complexity index is 562. The van der Waals surface area contributed by atoms with Crippen molar-refractivity contribution in [2.45, 2.75) is 12.3 Å². The van der Waals surface area contributed by atoms with Crippen molar-refractivity contribution >= 4 is 21.8 Å². The molecule has 94 valence electrons. The average molecular weight is 309 g/mol. The van der Waals surface area contributed by atoms with Gasteiger partial charge in [0.1, 0.15) is 0 Å². The van der Waals surface area contributed by atoms with E-state index < -0.39 is 0 Å². The Labute approximate surface area is 113 Å². The summed E-state index contributed by atoms with van der Waals surface area (Å²) >= 11 is 3.46. The van der Waals surface area contributed by atoms with Gasteiger partial charge in [0.15, 0.2) is 0 Å². The SMILES string of the molecule is Nc1onc(C2CCOC2)c1-c1cccc(Br)c1. The molecule has 1 aromatic carbocycles. The average Bonchev–Trinajstić information content (AvgIpc) is 2.97. The van der Waals surface area contributed by atoms with Gasteiger partial charge >= 0.3 is 0 Å². The number of hydrogen-bond acceptors (Lipinski definition) is 4. The van der Waals surface area contributed by atoms with E-state index in [0.29, 0.717) is 12.5 Å². The summed E-state index contributed by atoms with van der Waals surface area (Å²) in [7, 11) is 0. The van der Waals surface area contributed by atoms with Crippen LogP contribution in [0.3, 0.4) is 0 Å². The van der Waals surface area contributed by atoms with Gasteiger partial charge in [-0.1, -0.05) is 33.2 Å². The molecule has 0 bridgehead atoms. The highest BCUT2D eigenvalue weighted by Crippen LogP contribution is 2.37. The molecule has 0 saturated carbocycles. The summed E-state index contributed by atoms with van der Waals surface area (Å²) in [5, 5.41) is 4.11. The fourth-order valence-corrected chi connectivity index (χ4v) is 2.68. The van der Waals surface area contributed by atoms with E-state index >= 15 is 0 Å². The van der Waals surface area contributed by atoms with Gasteiger partial charge in [0, 0.05) is 17.0 Å². The van der Waals surface area contributed by atoms with Crippen molar-refractivity contribution in [2.75, 3.05) is 18.9 Å². The first-order chi connectivity index (χ1) is 8.75. The lowest BCUT2D eigenvalue weighted by Gasteiger charge is -2.07. The lowest BCUT2D eigenvalue weighted by molar-refractivity contribution is 0.193. The Kier molecular flexibility index (Phi) is 3.09. The fourth-order valence-electron chi connectivity index (χ4n) is 2.28. The number of anilines is 1. The van der Waals surface area contributed by atoms with Crippen LogP contribution in [0.2, 0.25) is 0 Å². The monoisotopic (exact) mass is 308 g/mol. The molecular formula is C13H13BrN2O2. The third-order valence-corrected chi connectivity index (χ3v) is 3.67. The van der Waals surface area contributed by atoms with Gasteiger partial charge in [-0.25, -0.2) is 0 Å². The molecule has 5 heteroatoms. The molecule has 1 saturated heterocycles. The molecule has 0 spiro atoms. The van der Waals surface area contributed by atoms with Crippen LogP contribution in [0.15, 0.2) is 33.3 Å². The number of nitrogens with two attached hydrogens (primary N) is 1. The highest BCUT2D eigenvalue weighted by atomic mass is 79.9. The van der Waals surface area contributed by atoms with E-state index in [4.69, 9.17) is 15.0 Å². The first kappa shape index (κ1) is 11.7. The van der Waals surface area contributed by atoms with Crippen LogP contribution in [0.1, 0.15) is 18.0 Å². The number of halogens is 1. The Morgan fingerprint density at radius 1 is 1.39 bits per heavy atom. The lowest BCUT2D eigenvalue weighted by Crippen LogP contribution is -2.00. The van der Waals surface area contributed by atoms with Gasteiger partial charge in [-0.05, 0) is 24.1 Å². The second kappa shape index (κ2) is 4.74. The quantitative estimate of drug-likeness (QED) is 0.925. The number of rotatable bonds is 2. The topological polar surface area (TPSA) is 61.3 Å². The van der Waals surface area contributed by atoms with Crippen LogP contribution in [0.25, 0.3) is 11.1 Å². The molecule has 4 nitrogen and oxygen atoms in total. The van der Waals surface area contributed by atoms with Gasteiger partial charge < -0.3 is 15.0 Å². The molecule has 2 heterocycles. The number of nitrogens with zero attached hydrogens (tertiary/aromatic N) is 1. The van der Waals surface area contributed by atoms with Crippen molar-refractivity contribution in [1.82, 2.24) is 5.16 Å². The fraction of sp³-hybridized carbons (Fsp3) is 0.308. The number of ether oxygens (including phenoxy) is 1. The molecule has 0 aliphatic carbocycles. The maximum absolute atomic E-state index is 5.91. The van der Waals surface area contributed by atoms with Crippen molar-refractivity contribution in [1.29, 1.82) is 0 Å². The Morgan fingerprint density at radius 2 is 2.28 bits per heavy atom. The van der Waals surface area contributed by atoms with Crippen LogP contribution < -0.4 is 5.73 Å². The van der Waals surface area contributed by atoms with Crippen molar-refractivity contribution in [3.63, 3.8) is 0 Å². The van der Waals surface area contributed by atoms with E-state index in [-0.39, 0.29) is 5.92 Å². The van der Waals surface area contributed by atoms with E-state index in [1.807, 2.05) is 24.3 Å². The predicted octanol–water partition coefficient (Wildman–Crippen LogP) is 3.19. The smallest absolute Gasteiger partial charge is 0.230 e. The number of nitrogen functional groups attached to an aromatic ring is 1. The standard InChI is InChI=1S/C13H13BrN2O2/c14-10-3-1-2-8(6-10)11-12(16-18-13(11)15)9-4-5-17-7-9/h1-3,6,9H,4-5,7,15H2. The first-order valence-corrected chi connectivity index (χ1v) is 6.63. The number of benzene rings is 1. The van der Waals surface area contributed by atoms with E-state index in [1.165, 1.54) is 0 Å². The molecule has 3 rings (SSSR count). The molecule has 1 aliphatic rings. The molecule has 2 N–H and O–H groups in total. The van der Waals surface area contributed by atoms with Crippen LogP contribution in [0.5, 0.6) is 0 Å². The third-order valence-electron chi connectivity index (χ3n) is 3.17. The molecular weight excluding hydrogens is 296 g/mol. The molecule has 0 radical (unpaired) electrons. The van der Waals surface area contributed by atoms with Crippen LogP contribution >= 0.6 is 15.9 Å². The van der Waals surface area contributed by atoms with Gasteiger partial charge in [0.05, 0.1) is 17.9 Å². The van der Waals surface area contributed by atoms with Crippen LogP contribution in [0.4, 0.5) is 5.88 Å². The molecule has 18 heavy (non-hydrogen) atoms. The van der Waals surface area contributed by atoms with Gasteiger partial charge in [-0.3, -0.25) is 0 Å². The van der Waals surface area contributed by atoms with Crippen molar-refractivity contribution < 1.29 is 9.26 Å². The predicted molar refractivity (Wildman–Crippen MR) is 72.2 cm³/mol. The van der Waals surface area contributed by atoms with E-state index in [2.05, 4.69) is 21.1 Å². The number of hydrogen-bond donors (Lipinski definition) is 1. The number of aromatic nitrogens is 1. The summed E-state index contributed by atoms with van der Waals surface area (Å²) in [6, 6.07) is 7.97. The Morgan fingerprint density at radius 3 is 3.00 bits per heavy atom. The normalized spacial score (nSPS) is 19.3. The second-order valence-corrected chi connectivity index (χ2v) is 5.29. The largest absolute Gasteiger partial charge is 0.381 e. The minimum absolute atomic E-state index is 0.278. The zero-order chi connectivity index (χ0) is 12.5. The summed E-state index contributed by atoms with van der Waals surface area (Å²) < 4.78 is 11.6. The van der Waals surface area contributed by atoms with Gasteiger partial charge in [-0.15, -0.1) is 0 Å².